The molecule has 0 aromatic rings. The van der Waals surface area contributed by atoms with Gasteiger partial charge in [0.05, 0.1) is 11.8 Å². The summed E-state index contributed by atoms with van der Waals surface area (Å²) in [5, 5.41) is 3.57. The molecule has 0 aromatic carbocycles. The predicted octanol–water partition coefficient (Wildman–Crippen LogP) is 0.990. The molecule has 7 nitrogen and oxygen atoms in total. The number of fused-ring (bicyclic) bond motifs is 1. The van der Waals surface area contributed by atoms with E-state index in [1.807, 2.05) is 0 Å². The Bertz CT molecular complexity index is 538. The van der Waals surface area contributed by atoms with Gasteiger partial charge in [0.1, 0.15) is 0 Å². The van der Waals surface area contributed by atoms with Gasteiger partial charge in [0.25, 0.3) is 0 Å². The van der Waals surface area contributed by atoms with E-state index in [0.717, 1.165) is 38.5 Å². The number of amides is 3. The lowest BCUT2D eigenvalue weighted by atomic mass is 9.81. The van der Waals surface area contributed by atoms with E-state index in [1.165, 1.54) is 17.7 Å². The smallest absolute Gasteiger partial charge is 0.240 e. The van der Waals surface area contributed by atoms with Crippen molar-refractivity contribution in [1.82, 2.24) is 21.1 Å². The monoisotopic (exact) mass is 366 g/mol. The van der Waals surface area contributed by atoms with Crippen LogP contribution in [0.3, 0.4) is 0 Å². The molecule has 1 heterocycles. The number of carbonyl (C=O) groups is 3. The van der Waals surface area contributed by atoms with Crippen LogP contribution in [0, 0.1) is 11.8 Å². The third-order valence-electron chi connectivity index (χ3n) is 5.50. The topological polar surface area (TPSA) is 90.5 Å². The number of hydrogen-bond acceptors (Lipinski definition) is 4. The molecule has 0 aromatic heterocycles. The van der Waals surface area contributed by atoms with Crippen LogP contribution in [0.15, 0.2) is 0 Å². The summed E-state index contributed by atoms with van der Waals surface area (Å²) in [6.45, 7) is 0.140. The molecule has 1 aliphatic heterocycles. The normalized spacial score (nSPS) is 26.5. The summed E-state index contributed by atoms with van der Waals surface area (Å²) in [5.41, 5.74) is 5.22. The minimum atomic E-state index is -0.286. The van der Waals surface area contributed by atoms with Crippen molar-refractivity contribution in [3.05, 3.63) is 0 Å². The molecule has 1 saturated heterocycles. The van der Waals surface area contributed by atoms with Crippen molar-refractivity contribution in [1.29, 1.82) is 0 Å². The second kappa shape index (κ2) is 8.12. The van der Waals surface area contributed by atoms with Crippen molar-refractivity contribution < 1.29 is 14.4 Å². The molecule has 0 radical (unpaired) electrons. The SMILES string of the molecule is O=C(CCN1C(=O)[C@H]2CCCC[C@@H]2C1=O)NNC(=S)NC1CCCC1. The summed E-state index contributed by atoms with van der Waals surface area (Å²) >= 11 is 5.15. The summed E-state index contributed by atoms with van der Waals surface area (Å²) in [6, 6.07) is 0.375. The Morgan fingerprint density at radius 1 is 0.960 bits per heavy atom. The maximum absolute atomic E-state index is 12.3. The van der Waals surface area contributed by atoms with Gasteiger partial charge in [0.15, 0.2) is 5.11 Å². The number of hydrogen-bond donors (Lipinski definition) is 3. The first-order chi connectivity index (χ1) is 12.1. The number of hydrazine groups is 1. The molecule has 3 rings (SSSR count). The first-order valence-electron chi connectivity index (χ1n) is 9.27. The Morgan fingerprint density at radius 3 is 2.12 bits per heavy atom. The lowest BCUT2D eigenvalue weighted by Gasteiger charge is -2.19. The quantitative estimate of drug-likeness (QED) is 0.391. The largest absolute Gasteiger partial charge is 0.359 e. The molecule has 2 saturated carbocycles. The van der Waals surface area contributed by atoms with Crippen LogP contribution in [0.2, 0.25) is 0 Å². The summed E-state index contributed by atoms with van der Waals surface area (Å²) < 4.78 is 0. The third kappa shape index (κ3) is 4.29. The third-order valence-corrected chi connectivity index (χ3v) is 5.72. The van der Waals surface area contributed by atoms with Gasteiger partial charge in [0, 0.05) is 19.0 Å². The van der Waals surface area contributed by atoms with Crippen LogP contribution in [0.1, 0.15) is 57.8 Å². The van der Waals surface area contributed by atoms with Gasteiger partial charge < -0.3 is 5.32 Å². The van der Waals surface area contributed by atoms with Crippen LogP contribution in [0.5, 0.6) is 0 Å². The Kier molecular flexibility index (Phi) is 5.88. The molecule has 3 aliphatic rings. The van der Waals surface area contributed by atoms with Gasteiger partial charge in [-0.05, 0) is 37.9 Å². The van der Waals surface area contributed by atoms with Crippen molar-refractivity contribution in [2.24, 2.45) is 11.8 Å². The summed E-state index contributed by atoms with van der Waals surface area (Å²) in [4.78, 5) is 37.9. The molecular formula is C17H26N4O3S. The number of nitrogens with one attached hydrogen (secondary N) is 3. The second-order valence-corrected chi connectivity index (χ2v) is 7.61. The first kappa shape index (κ1) is 18.1. The number of nitrogens with zero attached hydrogens (tertiary/aromatic N) is 1. The minimum absolute atomic E-state index is 0.0793. The fourth-order valence-corrected chi connectivity index (χ4v) is 4.36. The van der Waals surface area contributed by atoms with Gasteiger partial charge in [-0.3, -0.25) is 30.1 Å². The van der Waals surface area contributed by atoms with Gasteiger partial charge in [-0.1, -0.05) is 25.7 Å². The van der Waals surface area contributed by atoms with Gasteiger partial charge in [-0.2, -0.15) is 0 Å². The highest BCUT2D eigenvalue weighted by Gasteiger charge is 2.47. The van der Waals surface area contributed by atoms with Crippen LogP contribution >= 0.6 is 12.2 Å². The van der Waals surface area contributed by atoms with E-state index < -0.39 is 0 Å². The molecule has 0 bridgehead atoms. The summed E-state index contributed by atoms with van der Waals surface area (Å²) in [6.07, 6.45) is 8.26. The van der Waals surface area contributed by atoms with Gasteiger partial charge in [0.2, 0.25) is 17.7 Å². The van der Waals surface area contributed by atoms with Crippen molar-refractivity contribution in [3.8, 4) is 0 Å². The molecule has 8 heteroatoms. The average molecular weight is 366 g/mol. The van der Waals surface area contributed by atoms with Crippen molar-refractivity contribution >= 4 is 35.1 Å². The van der Waals surface area contributed by atoms with E-state index in [1.54, 1.807) is 0 Å². The van der Waals surface area contributed by atoms with Gasteiger partial charge >= 0.3 is 0 Å². The standard InChI is InChI=1S/C17H26N4O3S/c22-14(19-20-17(25)18-11-5-1-2-6-11)9-10-21-15(23)12-7-3-4-8-13(12)16(21)24/h11-13H,1-10H2,(H,19,22)(H2,18,20,25)/t12-,13-/m0/s1. The molecule has 3 fully saturated rings. The highest BCUT2D eigenvalue weighted by atomic mass is 32.1. The average Bonchev–Trinajstić information content (AvgIpc) is 3.20. The molecule has 25 heavy (non-hydrogen) atoms. The molecule has 2 atom stereocenters. The van der Waals surface area contributed by atoms with E-state index in [9.17, 15) is 14.4 Å². The molecule has 2 aliphatic carbocycles. The Morgan fingerprint density at radius 2 is 1.52 bits per heavy atom. The maximum atomic E-state index is 12.3. The van der Waals surface area contributed by atoms with Crippen LogP contribution < -0.4 is 16.2 Å². The van der Waals surface area contributed by atoms with Gasteiger partial charge in [-0.25, -0.2) is 0 Å². The van der Waals surface area contributed by atoms with Crippen LogP contribution in [0.4, 0.5) is 0 Å². The molecule has 0 spiro atoms. The van der Waals surface area contributed by atoms with Gasteiger partial charge in [-0.15, -0.1) is 0 Å². The molecule has 3 amide bonds. The van der Waals surface area contributed by atoms with Crippen LogP contribution in [-0.2, 0) is 14.4 Å². The zero-order valence-corrected chi connectivity index (χ0v) is 15.2. The molecule has 0 unspecified atom stereocenters. The Hall–Kier alpha value is -1.70. The lowest BCUT2D eigenvalue weighted by Crippen LogP contribution is -2.49. The van der Waals surface area contributed by atoms with E-state index >= 15 is 0 Å². The lowest BCUT2D eigenvalue weighted by molar-refractivity contribution is -0.140. The van der Waals surface area contributed by atoms with Crippen LogP contribution in [0.25, 0.3) is 0 Å². The summed E-state index contributed by atoms with van der Waals surface area (Å²) in [7, 11) is 0. The second-order valence-electron chi connectivity index (χ2n) is 7.20. The fraction of sp³-hybridized carbons (Fsp3) is 0.765. The first-order valence-corrected chi connectivity index (χ1v) is 9.67. The predicted molar refractivity (Wildman–Crippen MR) is 96.1 cm³/mol. The Balaban J connectivity index is 1.39. The van der Waals surface area contributed by atoms with Crippen molar-refractivity contribution in [2.45, 2.75) is 63.8 Å². The summed E-state index contributed by atoms with van der Waals surface area (Å²) in [5.74, 6) is -0.815. The molecule has 3 N–H and O–H groups in total. The molecule has 138 valence electrons. The van der Waals surface area contributed by atoms with Crippen molar-refractivity contribution in [3.63, 3.8) is 0 Å². The number of carbonyl (C=O) groups excluding carboxylic acids is 3. The highest BCUT2D eigenvalue weighted by molar-refractivity contribution is 7.80. The maximum Gasteiger partial charge on any atom is 0.240 e. The number of rotatable bonds is 4. The Labute approximate surface area is 153 Å². The number of likely N-dealkylation sites (tertiary alicyclic amines) is 1. The van der Waals surface area contributed by atoms with E-state index in [-0.39, 0.29) is 42.5 Å². The number of thiocarbonyl (C=S) groups is 1. The molecular weight excluding hydrogens is 340 g/mol. The number of imide groups is 1. The minimum Gasteiger partial charge on any atom is -0.359 e. The zero-order valence-electron chi connectivity index (χ0n) is 14.4. The van der Waals surface area contributed by atoms with E-state index in [0.29, 0.717) is 11.2 Å². The zero-order chi connectivity index (χ0) is 17.8. The van der Waals surface area contributed by atoms with Crippen molar-refractivity contribution in [2.75, 3.05) is 6.54 Å². The van der Waals surface area contributed by atoms with Crippen LogP contribution in [-0.4, -0.2) is 40.3 Å². The van der Waals surface area contributed by atoms with E-state index in [2.05, 4.69) is 16.2 Å². The van der Waals surface area contributed by atoms with E-state index in [4.69, 9.17) is 12.2 Å². The highest BCUT2D eigenvalue weighted by Crippen LogP contribution is 2.37. The fourth-order valence-electron chi connectivity index (χ4n) is 4.15.